The molecule has 0 bridgehead atoms. The van der Waals surface area contributed by atoms with Crippen molar-refractivity contribution in [1.29, 1.82) is 0 Å². The number of fused-ring (bicyclic) bond motifs is 1. The summed E-state index contributed by atoms with van der Waals surface area (Å²) in [7, 11) is 0. The molecule has 1 aliphatic rings. The fraction of sp³-hybridized carbons (Fsp3) is 0.476. The maximum atomic E-state index is 12.5. The van der Waals surface area contributed by atoms with Crippen LogP contribution in [0.15, 0.2) is 30.3 Å². The van der Waals surface area contributed by atoms with E-state index in [2.05, 4.69) is 18.7 Å². The Kier molecular flexibility index (Phi) is 6.06. The SMILES string of the molecule is CCN(CC)CC(=O)N1CCC(c2nc3ccccc3cc2C(N)=O)CC1. The molecule has 0 aliphatic carbocycles. The van der Waals surface area contributed by atoms with Crippen molar-refractivity contribution in [3.8, 4) is 0 Å². The molecule has 2 heterocycles. The number of carbonyl (C=O) groups is 2. The van der Waals surface area contributed by atoms with E-state index in [9.17, 15) is 9.59 Å². The van der Waals surface area contributed by atoms with Crippen molar-refractivity contribution < 1.29 is 9.59 Å². The monoisotopic (exact) mass is 368 g/mol. The maximum absolute atomic E-state index is 12.5. The molecular weight excluding hydrogens is 340 g/mol. The van der Waals surface area contributed by atoms with E-state index < -0.39 is 5.91 Å². The summed E-state index contributed by atoms with van der Waals surface area (Å²) in [5, 5.41) is 0.918. The number of piperidine rings is 1. The highest BCUT2D eigenvalue weighted by Crippen LogP contribution is 2.31. The third kappa shape index (κ3) is 4.27. The first-order valence-corrected chi connectivity index (χ1v) is 9.73. The highest BCUT2D eigenvalue weighted by atomic mass is 16.2. The number of aromatic nitrogens is 1. The van der Waals surface area contributed by atoms with Gasteiger partial charge in [0.05, 0.1) is 23.3 Å². The Labute approximate surface area is 160 Å². The molecule has 1 aromatic heterocycles. The number of primary amides is 1. The van der Waals surface area contributed by atoms with E-state index in [0.29, 0.717) is 25.2 Å². The van der Waals surface area contributed by atoms with E-state index in [0.717, 1.165) is 42.5 Å². The second-order valence-corrected chi connectivity index (χ2v) is 7.09. The van der Waals surface area contributed by atoms with Crippen LogP contribution in [0.2, 0.25) is 0 Å². The summed E-state index contributed by atoms with van der Waals surface area (Å²) in [6.45, 7) is 7.75. The van der Waals surface area contributed by atoms with Gasteiger partial charge in [-0.05, 0) is 38.1 Å². The molecule has 0 radical (unpaired) electrons. The molecule has 1 aromatic carbocycles. The number of likely N-dealkylation sites (tertiary alicyclic amines) is 1. The molecule has 0 atom stereocenters. The van der Waals surface area contributed by atoms with Gasteiger partial charge >= 0.3 is 0 Å². The molecule has 2 N–H and O–H groups in total. The zero-order valence-corrected chi connectivity index (χ0v) is 16.1. The van der Waals surface area contributed by atoms with Crippen molar-refractivity contribution in [3.05, 3.63) is 41.6 Å². The zero-order valence-electron chi connectivity index (χ0n) is 16.1. The van der Waals surface area contributed by atoms with E-state index in [1.807, 2.05) is 35.2 Å². The van der Waals surface area contributed by atoms with E-state index >= 15 is 0 Å². The van der Waals surface area contributed by atoms with Gasteiger partial charge < -0.3 is 10.6 Å². The van der Waals surface area contributed by atoms with Gasteiger partial charge in [0, 0.05) is 24.4 Å². The number of rotatable bonds is 6. The van der Waals surface area contributed by atoms with Gasteiger partial charge in [0.1, 0.15) is 0 Å². The van der Waals surface area contributed by atoms with E-state index in [1.54, 1.807) is 0 Å². The normalized spacial score (nSPS) is 15.4. The average molecular weight is 368 g/mol. The summed E-state index contributed by atoms with van der Waals surface area (Å²) in [5.41, 5.74) is 7.77. The van der Waals surface area contributed by atoms with Gasteiger partial charge in [-0.2, -0.15) is 0 Å². The lowest BCUT2D eigenvalue weighted by molar-refractivity contribution is -0.133. The highest BCUT2D eigenvalue weighted by Gasteiger charge is 2.28. The number of pyridine rings is 1. The minimum absolute atomic E-state index is 0.148. The van der Waals surface area contributed by atoms with Crippen molar-refractivity contribution in [2.75, 3.05) is 32.7 Å². The van der Waals surface area contributed by atoms with Gasteiger partial charge in [0.2, 0.25) is 5.91 Å². The Morgan fingerprint density at radius 1 is 1.19 bits per heavy atom. The third-order valence-electron chi connectivity index (χ3n) is 5.51. The molecule has 0 spiro atoms. The number of carbonyl (C=O) groups excluding carboxylic acids is 2. The van der Waals surface area contributed by atoms with Gasteiger partial charge in [-0.3, -0.25) is 19.5 Å². The first-order chi connectivity index (χ1) is 13.0. The molecule has 2 aromatic rings. The summed E-state index contributed by atoms with van der Waals surface area (Å²) < 4.78 is 0. The number of hydrogen-bond donors (Lipinski definition) is 1. The van der Waals surface area contributed by atoms with Crippen molar-refractivity contribution in [2.24, 2.45) is 5.73 Å². The van der Waals surface area contributed by atoms with Crippen LogP contribution in [0, 0.1) is 0 Å². The molecule has 6 heteroatoms. The van der Waals surface area contributed by atoms with Crippen molar-refractivity contribution in [3.63, 3.8) is 0 Å². The number of likely N-dealkylation sites (N-methyl/N-ethyl adjacent to an activating group) is 1. The van der Waals surface area contributed by atoms with Gasteiger partial charge in [-0.1, -0.05) is 32.0 Å². The minimum Gasteiger partial charge on any atom is -0.366 e. The fourth-order valence-corrected chi connectivity index (χ4v) is 3.78. The van der Waals surface area contributed by atoms with Crippen molar-refractivity contribution in [2.45, 2.75) is 32.6 Å². The topological polar surface area (TPSA) is 79.5 Å². The first-order valence-electron chi connectivity index (χ1n) is 9.73. The first kappa shape index (κ1) is 19.3. The largest absolute Gasteiger partial charge is 0.366 e. The molecule has 0 unspecified atom stereocenters. The third-order valence-corrected chi connectivity index (χ3v) is 5.51. The molecule has 3 rings (SSSR count). The Hall–Kier alpha value is -2.47. The van der Waals surface area contributed by atoms with Crippen LogP contribution in [0.4, 0.5) is 0 Å². The van der Waals surface area contributed by atoms with Crippen LogP contribution in [0.25, 0.3) is 10.9 Å². The van der Waals surface area contributed by atoms with Crippen LogP contribution in [0.1, 0.15) is 48.7 Å². The summed E-state index contributed by atoms with van der Waals surface area (Å²) in [4.78, 5) is 33.3. The van der Waals surface area contributed by atoms with Crippen molar-refractivity contribution in [1.82, 2.24) is 14.8 Å². The second-order valence-electron chi connectivity index (χ2n) is 7.09. The van der Waals surface area contributed by atoms with Gasteiger partial charge in [0.25, 0.3) is 5.91 Å². The quantitative estimate of drug-likeness (QED) is 0.849. The smallest absolute Gasteiger partial charge is 0.250 e. The fourth-order valence-electron chi connectivity index (χ4n) is 3.78. The zero-order chi connectivity index (χ0) is 19.4. The molecule has 1 aliphatic heterocycles. The predicted molar refractivity (Wildman–Crippen MR) is 107 cm³/mol. The Balaban J connectivity index is 1.75. The van der Waals surface area contributed by atoms with Crippen LogP contribution >= 0.6 is 0 Å². The maximum Gasteiger partial charge on any atom is 0.250 e. The average Bonchev–Trinajstić information content (AvgIpc) is 2.70. The van der Waals surface area contributed by atoms with Crippen LogP contribution < -0.4 is 5.73 Å². The molecule has 27 heavy (non-hydrogen) atoms. The molecule has 1 fully saturated rings. The lowest BCUT2D eigenvalue weighted by Gasteiger charge is -2.33. The number of nitrogens with two attached hydrogens (primary N) is 1. The van der Waals surface area contributed by atoms with Crippen LogP contribution in [0.5, 0.6) is 0 Å². The second kappa shape index (κ2) is 8.48. The summed E-state index contributed by atoms with van der Waals surface area (Å²) in [6, 6.07) is 9.60. The van der Waals surface area contributed by atoms with Crippen molar-refractivity contribution >= 4 is 22.7 Å². The summed E-state index contributed by atoms with van der Waals surface area (Å²) in [5.74, 6) is -0.114. The molecule has 0 saturated carbocycles. The van der Waals surface area contributed by atoms with Gasteiger partial charge in [0.15, 0.2) is 0 Å². The molecular formula is C21H28N4O2. The predicted octanol–water partition coefficient (Wildman–Crippen LogP) is 2.38. The number of nitrogens with zero attached hydrogens (tertiary/aromatic N) is 3. The Morgan fingerprint density at radius 2 is 1.85 bits per heavy atom. The van der Waals surface area contributed by atoms with E-state index in [1.165, 1.54) is 0 Å². The van der Waals surface area contributed by atoms with Crippen LogP contribution in [-0.4, -0.2) is 59.3 Å². The number of benzene rings is 1. The Bertz CT molecular complexity index is 824. The molecule has 144 valence electrons. The van der Waals surface area contributed by atoms with Crippen LogP contribution in [-0.2, 0) is 4.79 Å². The van der Waals surface area contributed by atoms with E-state index in [4.69, 9.17) is 10.7 Å². The van der Waals surface area contributed by atoms with Crippen LogP contribution in [0.3, 0.4) is 0 Å². The molecule has 6 nitrogen and oxygen atoms in total. The lowest BCUT2D eigenvalue weighted by Crippen LogP contribution is -2.44. The highest BCUT2D eigenvalue weighted by molar-refractivity contribution is 5.97. The number of para-hydroxylation sites is 1. The molecule has 1 saturated heterocycles. The minimum atomic E-state index is -0.441. The number of hydrogen-bond acceptors (Lipinski definition) is 4. The number of amides is 2. The van der Waals surface area contributed by atoms with Gasteiger partial charge in [-0.15, -0.1) is 0 Å². The molecule has 2 amide bonds. The standard InChI is InChI=1S/C21H28N4O2/c1-3-24(4-2)14-19(26)25-11-9-15(10-12-25)20-17(21(22)27)13-16-7-5-6-8-18(16)23-20/h5-8,13,15H,3-4,9-12,14H2,1-2H3,(H2,22,27). The Morgan fingerprint density at radius 3 is 2.48 bits per heavy atom. The van der Waals surface area contributed by atoms with E-state index in [-0.39, 0.29) is 11.8 Å². The summed E-state index contributed by atoms with van der Waals surface area (Å²) >= 11 is 0. The lowest BCUT2D eigenvalue weighted by atomic mass is 9.89. The summed E-state index contributed by atoms with van der Waals surface area (Å²) in [6.07, 6.45) is 1.60. The van der Waals surface area contributed by atoms with Gasteiger partial charge in [-0.25, -0.2) is 0 Å².